The minimum atomic E-state index is -0.189. The standard InChI is InChI=1S/C27H31N9O2/c28-26-22(18-21(33-34-26)20-8-1-2-9-23(20)37)35-14-5-15-36(17-16-35)25-11-13-29-24(32-25)10-4-12-30-27(38)31-19-6-3-7-19/h1-2,8-9,11,13,18-19,37H,3,5-7,12,14-17H2,(H2,28,34)(H2,30,31,38). The molecule has 1 aliphatic carbocycles. The lowest BCUT2D eigenvalue weighted by molar-refractivity contribution is 0.229. The molecule has 196 valence electrons. The Balaban J connectivity index is 1.21. The van der Waals surface area contributed by atoms with Gasteiger partial charge in [-0.2, -0.15) is 0 Å². The van der Waals surface area contributed by atoms with E-state index >= 15 is 0 Å². The summed E-state index contributed by atoms with van der Waals surface area (Å²) in [4.78, 5) is 25.1. The summed E-state index contributed by atoms with van der Waals surface area (Å²) >= 11 is 0. The van der Waals surface area contributed by atoms with Crippen molar-refractivity contribution >= 4 is 23.4 Å². The van der Waals surface area contributed by atoms with Crippen molar-refractivity contribution in [2.24, 2.45) is 0 Å². The van der Waals surface area contributed by atoms with Gasteiger partial charge in [0.15, 0.2) is 5.82 Å². The topological polar surface area (TPSA) is 145 Å². The van der Waals surface area contributed by atoms with Crippen molar-refractivity contribution in [3.63, 3.8) is 0 Å². The summed E-state index contributed by atoms with van der Waals surface area (Å²) in [5.74, 6) is 7.59. The van der Waals surface area contributed by atoms with Gasteiger partial charge in [-0.3, -0.25) is 0 Å². The molecular formula is C27H31N9O2. The first-order valence-electron chi connectivity index (χ1n) is 12.8. The molecule has 0 unspecified atom stereocenters. The van der Waals surface area contributed by atoms with Crippen LogP contribution in [0.3, 0.4) is 0 Å². The van der Waals surface area contributed by atoms with E-state index in [0.717, 1.165) is 50.4 Å². The van der Waals surface area contributed by atoms with Crippen LogP contribution in [0.5, 0.6) is 5.75 Å². The van der Waals surface area contributed by atoms with E-state index in [1.807, 2.05) is 18.2 Å². The number of phenols is 1. The molecule has 1 saturated heterocycles. The third kappa shape index (κ3) is 6.03. The van der Waals surface area contributed by atoms with Gasteiger partial charge < -0.3 is 31.3 Å². The summed E-state index contributed by atoms with van der Waals surface area (Å²) in [6.45, 7) is 3.27. The van der Waals surface area contributed by atoms with E-state index in [0.29, 0.717) is 29.4 Å². The second-order valence-electron chi connectivity index (χ2n) is 9.34. The molecule has 2 aromatic heterocycles. The summed E-state index contributed by atoms with van der Waals surface area (Å²) in [6, 6.07) is 10.9. The van der Waals surface area contributed by atoms with Crippen molar-refractivity contribution in [1.82, 2.24) is 30.8 Å². The Kier molecular flexibility index (Phi) is 7.68. The summed E-state index contributed by atoms with van der Waals surface area (Å²) < 4.78 is 0. The Labute approximate surface area is 221 Å². The highest BCUT2D eigenvalue weighted by molar-refractivity contribution is 5.75. The molecule has 1 saturated carbocycles. The average Bonchev–Trinajstić information content (AvgIpc) is 3.16. The van der Waals surface area contributed by atoms with Crippen molar-refractivity contribution in [2.45, 2.75) is 31.7 Å². The molecule has 3 aromatic rings. The Morgan fingerprint density at radius 1 is 1.08 bits per heavy atom. The van der Waals surface area contributed by atoms with Crippen LogP contribution in [0.25, 0.3) is 11.3 Å². The predicted octanol–water partition coefficient (Wildman–Crippen LogP) is 2.14. The number of benzene rings is 1. The number of nitrogens with zero attached hydrogens (tertiary/aromatic N) is 6. The zero-order valence-corrected chi connectivity index (χ0v) is 21.1. The number of nitrogens with one attached hydrogen (secondary N) is 2. The molecule has 0 bridgehead atoms. The maximum absolute atomic E-state index is 11.8. The van der Waals surface area contributed by atoms with Crippen molar-refractivity contribution < 1.29 is 9.90 Å². The Morgan fingerprint density at radius 2 is 1.89 bits per heavy atom. The molecule has 0 spiro atoms. The number of aromatic nitrogens is 4. The van der Waals surface area contributed by atoms with Gasteiger partial charge in [0.25, 0.3) is 0 Å². The van der Waals surface area contributed by atoms with Gasteiger partial charge in [0.2, 0.25) is 5.82 Å². The third-order valence-corrected chi connectivity index (χ3v) is 6.76. The van der Waals surface area contributed by atoms with Gasteiger partial charge in [-0.25, -0.2) is 14.8 Å². The monoisotopic (exact) mass is 513 g/mol. The molecule has 2 amide bonds. The maximum atomic E-state index is 11.8. The zero-order valence-electron chi connectivity index (χ0n) is 21.1. The van der Waals surface area contributed by atoms with Crippen LogP contribution in [0.1, 0.15) is 31.5 Å². The number of aromatic hydroxyl groups is 1. The van der Waals surface area contributed by atoms with E-state index in [9.17, 15) is 9.90 Å². The molecule has 3 heterocycles. The fourth-order valence-electron chi connectivity index (χ4n) is 4.48. The lowest BCUT2D eigenvalue weighted by atomic mass is 9.93. The number of hydrogen-bond acceptors (Lipinski definition) is 9. The Hall–Kier alpha value is -4.59. The van der Waals surface area contributed by atoms with E-state index in [-0.39, 0.29) is 24.4 Å². The average molecular weight is 514 g/mol. The van der Waals surface area contributed by atoms with Gasteiger partial charge >= 0.3 is 6.03 Å². The quantitative estimate of drug-likeness (QED) is 0.377. The van der Waals surface area contributed by atoms with Crippen LogP contribution in [0, 0.1) is 11.8 Å². The summed E-state index contributed by atoms with van der Waals surface area (Å²) in [6.07, 6.45) is 5.84. The van der Waals surface area contributed by atoms with Crippen molar-refractivity contribution in [2.75, 3.05) is 48.3 Å². The van der Waals surface area contributed by atoms with Gasteiger partial charge in [-0.15, -0.1) is 10.2 Å². The van der Waals surface area contributed by atoms with E-state index in [1.54, 1.807) is 24.4 Å². The fourth-order valence-corrected chi connectivity index (χ4v) is 4.48. The highest BCUT2D eigenvalue weighted by Crippen LogP contribution is 2.31. The first-order chi connectivity index (χ1) is 18.6. The number of phenolic OH excluding ortho intramolecular Hbond substituents is 1. The van der Waals surface area contributed by atoms with Crippen LogP contribution < -0.4 is 26.2 Å². The smallest absolute Gasteiger partial charge is 0.315 e. The van der Waals surface area contributed by atoms with E-state index in [4.69, 9.17) is 5.73 Å². The van der Waals surface area contributed by atoms with Gasteiger partial charge in [-0.1, -0.05) is 18.1 Å². The number of rotatable bonds is 5. The minimum absolute atomic E-state index is 0.148. The van der Waals surface area contributed by atoms with Crippen LogP contribution in [0.15, 0.2) is 42.6 Å². The zero-order chi connectivity index (χ0) is 26.3. The molecule has 5 rings (SSSR count). The number of hydrogen-bond donors (Lipinski definition) is 4. The number of nitrogens with two attached hydrogens (primary N) is 1. The largest absolute Gasteiger partial charge is 0.507 e. The fraction of sp³-hybridized carbons (Fsp3) is 0.370. The van der Waals surface area contributed by atoms with Gasteiger partial charge in [0, 0.05) is 44.0 Å². The van der Waals surface area contributed by atoms with Gasteiger partial charge in [0.05, 0.1) is 17.9 Å². The SMILES string of the molecule is Nc1nnc(-c2ccccc2O)cc1N1CCCN(c2ccnc(C#CCNC(=O)NC3CCC3)n2)CC1. The van der Waals surface area contributed by atoms with Crippen molar-refractivity contribution in [3.05, 3.63) is 48.4 Å². The first-order valence-corrected chi connectivity index (χ1v) is 12.8. The lowest BCUT2D eigenvalue weighted by Crippen LogP contribution is -2.45. The summed E-state index contributed by atoms with van der Waals surface area (Å²) in [7, 11) is 0. The maximum Gasteiger partial charge on any atom is 0.315 e. The molecule has 5 N–H and O–H groups in total. The number of urea groups is 1. The molecule has 0 atom stereocenters. The summed E-state index contributed by atoms with van der Waals surface area (Å²) in [5, 5.41) is 24.3. The van der Waals surface area contributed by atoms with E-state index in [1.165, 1.54) is 6.42 Å². The van der Waals surface area contributed by atoms with Gasteiger partial charge in [-0.05, 0) is 55.9 Å². The molecular weight excluding hydrogens is 482 g/mol. The van der Waals surface area contributed by atoms with Crippen molar-refractivity contribution in [1.29, 1.82) is 0 Å². The number of carbonyl (C=O) groups is 1. The number of nitrogen functional groups attached to an aromatic ring is 1. The number of para-hydroxylation sites is 1. The number of amides is 2. The van der Waals surface area contributed by atoms with Crippen LogP contribution in [-0.4, -0.2) is 70.1 Å². The second kappa shape index (κ2) is 11.6. The highest BCUT2D eigenvalue weighted by atomic mass is 16.3. The third-order valence-electron chi connectivity index (χ3n) is 6.76. The summed E-state index contributed by atoms with van der Waals surface area (Å²) in [5.41, 5.74) is 8.18. The van der Waals surface area contributed by atoms with Crippen LogP contribution in [0.4, 0.5) is 22.1 Å². The van der Waals surface area contributed by atoms with Gasteiger partial charge in [0.1, 0.15) is 11.6 Å². The molecule has 11 nitrogen and oxygen atoms in total. The molecule has 11 heteroatoms. The second-order valence-corrected chi connectivity index (χ2v) is 9.34. The normalized spacial score (nSPS) is 15.6. The van der Waals surface area contributed by atoms with E-state index < -0.39 is 0 Å². The Morgan fingerprint density at radius 3 is 2.71 bits per heavy atom. The van der Waals surface area contributed by atoms with Crippen LogP contribution >= 0.6 is 0 Å². The first kappa shape index (κ1) is 25.1. The lowest BCUT2D eigenvalue weighted by Gasteiger charge is -2.26. The van der Waals surface area contributed by atoms with E-state index in [2.05, 4.69) is 52.4 Å². The van der Waals surface area contributed by atoms with Crippen LogP contribution in [-0.2, 0) is 0 Å². The van der Waals surface area contributed by atoms with Crippen molar-refractivity contribution in [3.8, 4) is 28.8 Å². The molecule has 2 fully saturated rings. The molecule has 2 aliphatic rings. The minimum Gasteiger partial charge on any atom is -0.507 e. The molecule has 1 aromatic carbocycles. The molecule has 38 heavy (non-hydrogen) atoms. The van der Waals surface area contributed by atoms with Crippen LogP contribution in [0.2, 0.25) is 0 Å². The molecule has 1 aliphatic heterocycles. The molecule has 0 radical (unpaired) electrons. The number of anilines is 3. The Bertz CT molecular complexity index is 1350. The highest BCUT2D eigenvalue weighted by Gasteiger charge is 2.21. The predicted molar refractivity (Wildman–Crippen MR) is 146 cm³/mol. The number of carbonyl (C=O) groups excluding carboxylic acids is 1.